The van der Waals surface area contributed by atoms with E-state index in [4.69, 9.17) is 23.2 Å². The molecule has 33 heavy (non-hydrogen) atoms. The largest absolute Gasteiger partial charge is 0.372 e. The normalized spacial score (nSPS) is 21.1. The van der Waals surface area contributed by atoms with Crippen LogP contribution in [0.4, 0.5) is 16.2 Å². The number of benzene rings is 2. The molecule has 0 radical (unpaired) electrons. The minimum Gasteiger partial charge on any atom is -0.372 e. The molecule has 2 aliphatic rings. The van der Waals surface area contributed by atoms with Gasteiger partial charge in [-0.3, -0.25) is 14.5 Å². The van der Waals surface area contributed by atoms with Crippen LogP contribution in [0, 0.1) is 0 Å². The molecule has 2 aliphatic heterocycles. The minimum atomic E-state index is -1.38. The summed E-state index contributed by atoms with van der Waals surface area (Å²) in [5.41, 5.74) is 0.765. The molecule has 0 aromatic heterocycles. The second-order valence-corrected chi connectivity index (χ2v) is 9.41. The molecule has 174 valence electrons. The molecule has 0 saturated carbocycles. The van der Waals surface area contributed by atoms with E-state index < -0.39 is 29.9 Å². The zero-order valence-electron chi connectivity index (χ0n) is 18.4. The fraction of sp³-hybridized carbons (Fsp3) is 0.375. The average molecular weight is 489 g/mol. The number of hydrogen-bond acceptors (Lipinski definition) is 4. The molecule has 2 fully saturated rings. The highest BCUT2D eigenvalue weighted by Gasteiger charge is 2.50. The molecule has 2 saturated heterocycles. The van der Waals surface area contributed by atoms with Crippen molar-refractivity contribution in [3.63, 3.8) is 0 Å². The van der Waals surface area contributed by atoms with E-state index in [1.165, 1.54) is 31.7 Å². The Kier molecular flexibility index (Phi) is 6.81. The van der Waals surface area contributed by atoms with Gasteiger partial charge in [0.2, 0.25) is 5.91 Å². The Balaban J connectivity index is 1.41. The Bertz CT molecular complexity index is 1070. The van der Waals surface area contributed by atoms with E-state index in [0.29, 0.717) is 16.3 Å². The summed E-state index contributed by atoms with van der Waals surface area (Å²) in [6.07, 6.45) is 4.89. The van der Waals surface area contributed by atoms with Gasteiger partial charge in [-0.05, 0) is 56.2 Å². The third kappa shape index (κ3) is 4.94. The Morgan fingerprint density at radius 2 is 1.70 bits per heavy atom. The highest BCUT2D eigenvalue weighted by molar-refractivity contribution is 6.35. The number of nitrogens with one attached hydrogen (secondary N) is 2. The lowest BCUT2D eigenvalue weighted by molar-refractivity contribution is -0.133. The van der Waals surface area contributed by atoms with Crippen molar-refractivity contribution in [1.29, 1.82) is 0 Å². The maximum Gasteiger partial charge on any atom is 0.325 e. The smallest absolute Gasteiger partial charge is 0.325 e. The van der Waals surface area contributed by atoms with E-state index in [0.717, 1.165) is 23.7 Å². The molecule has 2 aromatic carbocycles. The van der Waals surface area contributed by atoms with E-state index >= 15 is 0 Å². The minimum absolute atomic E-state index is 0.259. The number of amides is 4. The van der Waals surface area contributed by atoms with Crippen LogP contribution in [0.2, 0.25) is 10.0 Å². The quantitative estimate of drug-likeness (QED) is 0.593. The molecular formula is C24H26Cl2N4O3. The van der Waals surface area contributed by atoms with Gasteiger partial charge in [0.1, 0.15) is 12.1 Å². The summed E-state index contributed by atoms with van der Waals surface area (Å²) >= 11 is 12.2. The highest BCUT2D eigenvalue weighted by atomic mass is 35.5. The number of carbonyl (C=O) groups is 3. The van der Waals surface area contributed by atoms with Gasteiger partial charge in [0.15, 0.2) is 0 Å². The molecule has 2 aromatic rings. The van der Waals surface area contributed by atoms with Crippen LogP contribution in [0.25, 0.3) is 0 Å². The van der Waals surface area contributed by atoms with E-state index in [1.54, 1.807) is 19.1 Å². The Morgan fingerprint density at radius 1 is 1.03 bits per heavy atom. The number of urea groups is 1. The fourth-order valence-corrected chi connectivity index (χ4v) is 4.94. The fourth-order valence-electron chi connectivity index (χ4n) is 4.35. The Hall–Kier alpha value is -2.77. The van der Waals surface area contributed by atoms with Gasteiger partial charge in [-0.2, -0.15) is 0 Å². The molecule has 0 bridgehead atoms. The van der Waals surface area contributed by atoms with E-state index in [2.05, 4.69) is 15.5 Å². The van der Waals surface area contributed by atoms with Crippen molar-refractivity contribution in [2.24, 2.45) is 0 Å². The molecule has 2 heterocycles. The second-order valence-electron chi connectivity index (χ2n) is 8.57. The number of imide groups is 1. The lowest BCUT2D eigenvalue weighted by atomic mass is 9.92. The van der Waals surface area contributed by atoms with Crippen LogP contribution < -0.4 is 15.5 Å². The van der Waals surface area contributed by atoms with Crippen LogP contribution in [0.5, 0.6) is 0 Å². The van der Waals surface area contributed by atoms with Gasteiger partial charge < -0.3 is 15.5 Å². The number of anilines is 2. The predicted molar refractivity (Wildman–Crippen MR) is 130 cm³/mol. The standard InChI is InChI=1S/C24H26Cl2N4O3/c1-24(19-11-6-16(25)14-20(19)26)22(32)30(23(33)28-24)15-21(31)27-17-7-9-18(10-8-17)29-12-4-2-3-5-13-29/h6-11,14H,2-5,12-13,15H2,1H3,(H,27,31)(H,28,33). The average Bonchev–Trinajstić information content (AvgIpc) is 2.97. The molecule has 9 heteroatoms. The van der Waals surface area contributed by atoms with Crippen LogP contribution in [0.15, 0.2) is 42.5 Å². The van der Waals surface area contributed by atoms with Crippen LogP contribution in [0.1, 0.15) is 38.2 Å². The molecular weight excluding hydrogens is 463 g/mol. The zero-order valence-corrected chi connectivity index (χ0v) is 19.9. The molecule has 1 atom stereocenters. The maximum atomic E-state index is 13.1. The summed E-state index contributed by atoms with van der Waals surface area (Å²) in [7, 11) is 0. The van der Waals surface area contributed by atoms with Gasteiger partial charge in [-0.1, -0.05) is 42.1 Å². The number of rotatable bonds is 5. The van der Waals surface area contributed by atoms with E-state index in [9.17, 15) is 14.4 Å². The number of hydrogen-bond donors (Lipinski definition) is 2. The van der Waals surface area contributed by atoms with Crippen molar-refractivity contribution in [3.8, 4) is 0 Å². The monoisotopic (exact) mass is 488 g/mol. The first-order valence-corrected chi connectivity index (χ1v) is 11.8. The first-order valence-electron chi connectivity index (χ1n) is 11.0. The van der Waals surface area contributed by atoms with E-state index in [1.807, 2.05) is 24.3 Å². The Labute approximate surface area is 203 Å². The lowest BCUT2D eigenvalue weighted by Crippen LogP contribution is -2.42. The van der Waals surface area contributed by atoms with Crippen LogP contribution in [0.3, 0.4) is 0 Å². The van der Waals surface area contributed by atoms with Gasteiger partial charge in [0.05, 0.1) is 0 Å². The van der Waals surface area contributed by atoms with Crippen molar-refractivity contribution in [2.45, 2.75) is 38.1 Å². The highest BCUT2D eigenvalue weighted by Crippen LogP contribution is 2.35. The van der Waals surface area contributed by atoms with Crippen LogP contribution in [-0.4, -0.2) is 42.4 Å². The van der Waals surface area contributed by atoms with Gasteiger partial charge >= 0.3 is 6.03 Å². The zero-order chi connectivity index (χ0) is 23.6. The first kappa shape index (κ1) is 23.4. The SMILES string of the molecule is CC1(c2ccc(Cl)cc2Cl)NC(=O)N(CC(=O)Nc2ccc(N3CCCCCC3)cc2)C1=O. The van der Waals surface area contributed by atoms with Gasteiger partial charge in [0, 0.05) is 40.1 Å². The molecule has 1 unspecified atom stereocenters. The summed E-state index contributed by atoms with van der Waals surface area (Å²) < 4.78 is 0. The summed E-state index contributed by atoms with van der Waals surface area (Å²) in [6, 6.07) is 11.7. The van der Waals surface area contributed by atoms with Crippen molar-refractivity contribution < 1.29 is 14.4 Å². The topological polar surface area (TPSA) is 81.8 Å². The van der Waals surface area contributed by atoms with Gasteiger partial charge in [-0.15, -0.1) is 0 Å². The van der Waals surface area contributed by atoms with Crippen LogP contribution >= 0.6 is 23.2 Å². The molecule has 0 aliphatic carbocycles. The summed E-state index contributed by atoms with van der Waals surface area (Å²) in [4.78, 5) is 41.5. The summed E-state index contributed by atoms with van der Waals surface area (Å²) in [6.45, 7) is 3.23. The second kappa shape index (κ2) is 9.61. The molecule has 4 rings (SSSR count). The van der Waals surface area contributed by atoms with Crippen molar-refractivity contribution in [2.75, 3.05) is 29.9 Å². The van der Waals surface area contributed by atoms with Crippen molar-refractivity contribution in [3.05, 3.63) is 58.1 Å². The number of halogens is 2. The summed E-state index contributed by atoms with van der Waals surface area (Å²) in [5, 5.41) is 6.09. The molecule has 7 nitrogen and oxygen atoms in total. The third-order valence-corrected chi connectivity index (χ3v) is 6.72. The number of carbonyl (C=O) groups excluding carboxylic acids is 3. The molecule has 2 N–H and O–H groups in total. The lowest BCUT2D eigenvalue weighted by Gasteiger charge is -2.23. The van der Waals surface area contributed by atoms with Gasteiger partial charge in [-0.25, -0.2) is 4.79 Å². The van der Waals surface area contributed by atoms with Gasteiger partial charge in [0.25, 0.3) is 5.91 Å². The summed E-state index contributed by atoms with van der Waals surface area (Å²) in [5.74, 6) is -1.02. The number of nitrogens with zero attached hydrogens (tertiary/aromatic N) is 2. The van der Waals surface area contributed by atoms with Crippen molar-refractivity contribution in [1.82, 2.24) is 10.2 Å². The molecule has 0 spiro atoms. The van der Waals surface area contributed by atoms with Crippen molar-refractivity contribution >= 4 is 52.4 Å². The van der Waals surface area contributed by atoms with Crippen LogP contribution in [-0.2, 0) is 15.1 Å². The maximum absolute atomic E-state index is 13.1. The predicted octanol–water partition coefficient (Wildman–Crippen LogP) is 4.78. The molecule has 4 amide bonds. The Morgan fingerprint density at radius 3 is 2.33 bits per heavy atom. The van der Waals surface area contributed by atoms with E-state index in [-0.39, 0.29) is 5.02 Å². The first-order chi connectivity index (χ1) is 15.8. The third-order valence-electron chi connectivity index (χ3n) is 6.17.